The number of rotatable bonds is 7. The van der Waals surface area contributed by atoms with Crippen LogP contribution in [0.15, 0.2) is 12.2 Å². The maximum absolute atomic E-state index is 11.1. The molecule has 11 heteroatoms. The van der Waals surface area contributed by atoms with Crippen molar-refractivity contribution >= 4 is 0 Å². The summed E-state index contributed by atoms with van der Waals surface area (Å²) in [5.41, 5.74) is 1.50. The minimum absolute atomic E-state index is 0.0333. The van der Waals surface area contributed by atoms with Gasteiger partial charge in [0.1, 0.15) is 42.7 Å². The molecular weight excluding hydrogens is 680 g/mol. The first-order valence-electron chi connectivity index (χ1n) is 20.7. The van der Waals surface area contributed by atoms with Crippen LogP contribution in [0.4, 0.5) is 0 Å². The third-order valence-electron chi connectivity index (χ3n) is 17.7. The molecule has 53 heavy (non-hydrogen) atoms. The van der Waals surface area contributed by atoms with Gasteiger partial charge >= 0.3 is 0 Å². The maximum Gasteiger partial charge on any atom is 0.186 e. The normalized spacial score (nSPS) is 56.4. The van der Waals surface area contributed by atoms with Crippen LogP contribution >= 0.6 is 0 Å². The van der Waals surface area contributed by atoms with E-state index in [1.165, 1.54) is 24.8 Å². The van der Waals surface area contributed by atoms with E-state index in [0.717, 1.165) is 44.9 Å². The third kappa shape index (κ3) is 5.99. The Bertz CT molecular complexity index is 1360. The summed E-state index contributed by atoms with van der Waals surface area (Å²) in [6.45, 7) is 20.5. The van der Waals surface area contributed by atoms with E-state index in [1.54, 1.807) is 6.92 Å². The Balaban J connectivity index is 1.06. The monoisotopic (exact) mass is 750 g/mol. The molecule has 7 N–H and O–H groups in total. The van der Waals surface area contributed by atoms with Crippen LogP contribution in [0.25, 0.3) is 0 Å². The fraction of sp³-hybridized carbons (Fsp3) is 0.952. The van der Waals surface area contributed by atoms with Gasteiger partial charge in [-0.1, -0.05) is 46.8 Å². The van der Waals surface area contributed by atoms with E-state index < -0.39 is 61.4 Å². The van der Waals surface area contributed by atoms with Gasteiger partial charge in [0.2, 0.25) is 0 Å². The summed E-state index contributed by atoms with van der Waals surface area (Å²) in [6, 6.07) is 0. The van der Waals surface area contributed by atoms with Crippen LogP contribution < -0.4 is 0 Å². The van der Waals surface area contributed by atoms with Crippen molar-refractivity contribution in [2.75, 3.05) is 13.2 Å². The first-order chi connectivity index (χ1) is 24.8. The van der Waals surface area contributed by atoms with Gasteiger partial charge in [-0.3, -0.25) is 0 Å². The van der Waals surface area contributed by atoms with Gasteiger partial charge in [-0.15, -0.1) is 0 Å². The number of aliphatic hydroxyl groups excluding tert-OH is 7. The van der Waals surface area contributed by atoms with Gasteiger partial charge in [-0.25, -0.2) is 0 Å². The second-order valence-corrected chi connectivity index (χ2v) is 20.2. The molecule has 2 heterocycles. The minimum atomic E-state index is -1.56. The second-order valence-electron chi connectivity index (χ2n) is 20.2. The largest absolute Gasteiger partial charge is 0.396 e. The van der Waals surface area contributed by atoms with E-state index in [4.69, 9.17) is 18.9 Å². The van der Waals surface area contributed by atoms with Gasteiger partial charge in [0, 0.05) is 6.61 Å². The highest BCUT2D eigenvalue weighted by molar-refractivity contribution is 5.21. The topological polar surface area (TPSA) is 179 Å². The first kappa shape index (κ1) is 40.5. The van der Waals surface area contributed by atoms with Crippen LogP contribution in [0.5, 0.6) is 0 Å². The highest BCUT2D eigenvalue weighted by atomic mass is 16.7. The van der Waals surface area contributed by atoms with Crippen LogP contribution in [-0.2, 0) is 18.9 Å². The molecule has 20 atom stereocenters. The first-order valence-corrected chi connectivity index (χ1v) is 20.7. The highest BCUT2D eigenvalue weighted by Crippen LogP contribution is 2.77. The number of hydrogen-bond acceptors (Lipinski definition) is 11. The van der Waals surface area contributed by atoms with E-state index in [9.17, 15) is 35.7 Å². The molecule has 0 amide bonds. The Labute approximate surface area is 316 Å². The fourth-order valence-electron chi connectivity index (χ4n) is 14.4. The van der Waals surface area contributed by atoms with E-state index in [2.05, 4.69) is 48.1 Å². The zero-order valence-electron chi connectivity index (χ0n) is 33.2. The third-order valence-corrected chi connectivity index (χ3v) is 17.7. The quantitative estimate of drug-likeness (QED) is 0.149. The molecule has 7 rings (SSSR count). The molecule has 19 unspecified atom stereocenters. The van der Waals surface area contributed by atoms with Crippen LogP contribution in [0, 0.1) is 56.7 Å². The summed E-state index contributed by atoms with van der Waals surface area (Å²) < 4.78 is 24.0. The summed E-state index contributed by atoms with van der Waals surface area (Å²) >= 11 is 0. The van der Waals surface area contributed by atoms with Crippen molar-refractivity contribution in [2.24, 2.45) is 56.7 Å². The van der Waals surface area contributed by atoms with E-state index >= 15 is 0 Å². The van der Waals surface area contributed by atoms with Crippen molar-refractivity contribution in [3.05, 3.63) is 12.2 Å². The summed E-state index contributed by atoms with van der Waals surface area (Å²) in [6.07, 6.45) is -2.62. The summed E-state index contributed by atoms with van der Waals surface area (Å²) in [4.78, 5) is 0. The van der Waals surface area contributed by atoms with Crippen LogP contribution in [0.2, 0.25) is 0 Å². The highest BCUT2D eigenvalue weighted by Gasteiger charge is 2.71. The fourth-order valence-corrected chi connectivity index (χ4v) is 14.4. The Kier molecular flexibility index (Phi) is 10.7. The molecule has 7 fully saturated rings. The molecule has 0 aromatic rings. The lowest BCUT2D eigenvalue weighted by atomic mass is 9.32. The number of ether oxygens (including phenoxy) is 4. The molecular formula is C42H70O11. The van der Waals surface area contributed by atoms with E-state index in [1.807, 2.05) is 0 Å². The molecule has 2 saturated heterocycles. The molecule has 0 aromatic heterocycles. The van der Waals surface area contributed by atoms with Crippen LogP contribution in [-0.4, -0.2) is 116 Å². The van der Waals surface area contributed by atoms with Gasteiger partial charge in [0.25, 0.3) is 0 Å². The minimum Gasteiger partial charge on any atom is -0.396 e. The average Bonchev–Trinajstić information content (AvgIpc) is 3.51. The molecule has 2 aliphatic heterocycles. The molecule has 0 spiro atoms. The van der Waals surface area contributed by atoms with Crippen molar-refractivity contribution < 1.29 is 54.7 Å². The van der Waals surface area contributed by atoms with Crippen molar-refractivity contribution in [3.63, 3.8) is 0 Å². The van der Waals surface area contributed by atoms with Crippen molar-refractivity contribution in [2.45, 2.75) is 180 Å². The number of hydrogen-bond donors (Lipinski definition) is 7. The molecule has 5 saturated carbocycles. The van der Waals surface area contributed by atoms with Crippen molar-refractivity contribution in [3.8, 4) is 0 Å². The summed E-state index contributed by atoms with van der Waals surface area (Å²) in [5, 5.41) is 74.4. The van der Waals surface area contributed by atoms with Gasteiger partial charge in [-0.2, -0.15) is 0 Å². The second kappa shape index (κ2) is 14.0. The van der Waals surface area contributed by atoms with Gasteiger partial charge in [0.15, 0.2) is 12.6 Å². The summed E-state index contributed by atoms with van der Waals surface area (Å²) in [7, 11) is 0. The molecule has 5 aliphatic carbocycles. The van der Waals surface area contributed by atoms with Gasteiger partial charge < -0.3 is 54.7 Å². The van der Waals surface area contributed by atoms with Crippen molar-refractivity contribution in [1.82, 2.24) is 0 Å². The SMILES string of the molecule is C=C(C)C1CCC2(CO)CC[C@]3(C)C(CCC4C5(C)CCC(OC6OC(COC7OC(C)C(O)C(O)C7O)C(O)C(O)C6O)C(C)(C)C5CCC43C)C12. The zero-order chi connectivity index (χ0) is 38.6. The zero-order valence-corrected chi connectivity index (χ0v) is 33.2. The Morgan fingerprint density at radius 3 is 2.06 bits per heavy atom. The van der Waals surface area contributed by atoms with Crippen molar-refractivity contribution in [1.29, 1.82) is 0 Å². The van der Waals surface area contributed by atoms with E-state index in [-0.39, 0.29) is 39.8 Å². The molecule has 0 bridgehead atoms. The van der Waals surface area contributed by atoms with Crippen LogP contribution in [0.3, 0.4) is 0 Å². The van der Waals surface area contributed by atoms with Crippen LogP contribution in [0.1, 0.15) is 113 Å². The van der Waals surface area contributed by atoms with E-state index in [0.29, 0.717) is 36.2 Å². The smallest absolute Gasteiger partial charge is 0.186 e. The number of fused-ring (bicyclic) bond motifs is 7. The molecule has 0 aromatic carbocycles. The molecule has 0 radical (unpaired) electrons. The average molecular weight is 751 g/mol. The predicted octanol–water partition coefficient (Wildman–Crippen LogP) is 3.67. The lowest BCUT2D eigenvalue weighted by Crippen LogP contribution is -2.67. The Morgan fingerprint density at radius 1 is 0.698 bits per heavy atom. The maximum atomic E-state index is 11.1. The lowest BCUT2D eigenvalue weighted by molar-refractivity contribution is -0.345. The Morgan fingerprint density at radius 2 is 1.38 bits per heavy atom. The lowest BCUT2D eigenvalue weighted by Gasteiger charge is -2.73. The molecule has 304 valence electrons. The van der Waals surface area contributed by atoms with Gasteiger partial charge in [-0.05, 0) is 135 Å². The standard InChI is InChI=1S/C42H70O11/c1-21(2)23-11-16-42(20-43)18-17-40(7)24(29(23)42)9-10-27-39(6)14-13-28(38(4,5)26(39)12-15-41(27,40)8)53-37-35(49)33(47)31(45)25(52-37)19-50-36-34(48)32(46)30(44)22(3)51-36/h22-37,43-49H,1,9-20H2,2-8H3/t22?,23?,24?,25?,26?,27?,28?,29?,30?,31?,32?,33?,34?,35?,36?,37?,39?,40-,41?,42?/m1/s1. The summed E-state index contributed by atoms with van der Waals surface area (Å²) in [5.74, 6) is 2.49. The Hall–Kier alpha value is -0.700. The molecule has 7 aliphatic rings. The number of allylic oxidation sites excluding steroid dienone is 1. The number of aliphatic hydroxyl groups is 7. The van der Waals surface area contributed by atoms with Gasteiger partial charge in [0.05, 0.1) is 18.8 Å². The predicted molar refractivity (Wildman–Crippen MR) is 196 cm³/mol. The molecule has 11 nitrogen and oxygen atoms in total.